The average Bonchev–Trinajstić information content (AvgIpc) is 1.63. The van der Waals surface area contributed by atoms with Crippen LogP contribution in [0.25, 0.3) is 33.8 Å². The minimum Gasteiger partial charge on any atom is -0.478 e. The number of halogens is 18. The molecule has 10 aromatic rings. The van der Waals surface area contributed by atoms with Crippen molar-refractivity contribution in [3.05, 3.63) is 245 Å². The lowest BCUT2D eigenvalue weighted by atomic mass is 10.0. The number of aromatic nitrogens is 3. The van der Waals surface area contributed by atoms with Crippen molar-refractivity contribution < 1.29 is 106 Å². The van der Waals surface area contributed by atoms with Crippen LogP contribution in [0, 0.1) is 70.1 Å². The number of nitrogens with one attached hydrogen (secondary N) is 1. The zero-order chi connectivity index (χ0) is 88.1. The fourth-order valence-electron chi connectivity index (χ4n) is 17.0. The molecule has 0 amide bonds. The summed E-state index contributed by atoms with van der Waals surface area (Å²) in [4.78, 5) is 47.4. The van der Waals surface area contributed by atoms with Crippen molar-refractivity contribution >= 4 is 161 Å². The zero-order valence-electron chi connectivity index (χ0n) is 65.8. The number of aromatic carboxylic acids is 2. The van der Waals surface area contributed by atoms with E-state index in [0.717, 1.165) is 154 Å². The molecule has 9 atom stereocenters. The van der Waals surface area contributed by atoms with Crippen molar-refractivity contribution in [3.63, 3.8) is 0 Å². The van der Waals surface area contributed by atoms with Gasteiger partial charge in [-0.05, 0) is 182 Å². The molecule has 3 N–H and O–H groups in total. The lowest BCUT2D eigenvalue weighted by molar-refractivity contribution is 0.00912. The number of carboxylic acid groups (broad SMARTS) is 2. The molecule has 9 fully saturated rings. The summed E-state index contributed by atoms with van der Waals surface area (Å²) in [7, 11) is 2.08. The maximum absolute atomic E-state index is 14.9. The number of piperidine rings is 3. The number of carboxylic acids is 2. The van der Waals surface area contributed by atoms with Gasteiger partial charge in [-0.25, -0.2) is 58.7 Å². The van der Waals surface area contributed by atoms with Crippen LogP contribution in [0.3, 0.4) is 0 Å². The van der Waals surface area contributed by atoms with E-state index in [1.165, 1.54) is 6.42 Å². The average molecular weight is 2100 g/mol. The largest absolute Gasteiger partial charge is 0.478 e. The van der Waals surface area contributed by atoms with Crippen molar-refractivity contribution in [2.75, 3.05) is 43.7 Å². The molecule has 125 heavy (non-hydrogen) atoms. The Kier molecular flexibility index (Phi) is 29.7. The monoisotopic (exact) mass is 2090 g/mol. The summed E-state index contributed by atoms with van der Waals surface area (Å²) in [6, 6.07) is 22.1. The summed E-state index contributed by atoms with van der Waals surface area (Å²) < 4.78 is 169. The third kappa shape index (κ3) is 20.2. The third-order valence-electron chi connectivity index (χ3n) is 23.5. The summed E-state index contributed by atoms with van der Waals surface area (Å²) in [6.07, 6.45) is 11.5. The van der Waals surface area contributed by atoms with Crippen molar-refractivity contribution in [2.45, 2.75) is 151 Å². The Morgan fingerprint density at radius 2 is 0.808 bits per heavy atom. The number of nitrogens with zero attached hydrogens (tertiary/aromatic N) is 5. The number of esters is 2. The van der Waals surface area contributed by atoms with E-state index in [4.69, 9.17) is 108 Å². The first-order valence-electron chi connectivity index (χ1n) is 39.4. The number of carbonyl (C=O) groups excluding carboxylic acids is 2. The smallest absolute Gasteiger partial charge is 0.343 e. The SMILES string of the molecule is COC(=O)c1c(F)cc(N2C[C@@H]3C[C@H]2C[C@H]3OCc2c(-c3c(Cl)cccc3Cl)noc2C2CC2)c(F)c1F.COC(=O)c1cc(F)c(Br)cc1F.Clc1cccc(Cl)c1-c1noc(C2CC2)c1CO[C@@H]1C[C@@H]2C[C@H]1CN2.I.O=C(O)c1cc(F)c(Br)cc1F.O=C(O)c1cc(F)c(N2C[C@@H]3C[C@H]2C[C@H]3OCc2c(-c3c(Cl)cccc3Cl)noc2C2CC2)cc1F. The Morgan fingerprint density at radius 1 is 0.448 bits per heavy atom. The van der Waals surface area contributed by atoms with E-state index in [1.807, 2.05) is 23.1 Å². The standard InChI is InChI=1S/C27H23Cl2F3N2O4.C26H22Cl2F2N2O4.C19H20Cl2N2O2.C8H5BrF2O2.C7H3BrF2O2.HI/c1-36-27(35)22-18(30)9-19(23(31)24(22)32)34-10-13-7-14(34)8-20(13)37-11-15-25(33-38-26(15)12-5-6-12)21-16(28)3-2-4-17(21)29;27-17-2-1-3-18(28)23(17)24-16(25(36-31-24)12-4-5-12)11-35-22-7-14-6-13(22)10-32(14)21-9-19(29)15(26(33)34)8-20(21)30;20-14-2-1-3-15(21)17(14)18-13(19(25-23-18)10-4-5-10)9-24-16-7-12-6-11(16)8-22-12;1-13-8(12)4-2-7(11)5(9)3-6(4)10;8-4-2-5(9)3(7(11)12)1-6(4)10;/h2-4,9,12-14,20H,5-8,10-11H2,1H3;1-3,8-9,12-14,22H,4-7,10-11H2,(H,33,34);1-3,10-12,16,22H,4-9H2;2-3H,1H3;1-2H,(H,11,12);1H/t13-,14-,20+;13-,14-,22+;11-,12-,16+;;;/m000.../s1. The lowest BCUT2D eigenvalue weighted by Crippen LogP contribution is -2.39. The van der Waals surface area contributed by atoms with Crippen LogP contribution in [0.1, 0.15) is 170 Å². The maximum atomic E-state index is 14.9. The molecule has 662 valence electrons. The second kappa shape index (κ2) is 39.7. The van der Waals surface area contributed by atoms with E-state index >= 15 is 0 Å². The normalized spacial score (nSPS) is 21.0. The van der Waals surface area contributed by atoms with E-state index in [1.54, 1.807) is 41.3 Å². The molecule has 6 bridgehead atoms. The Bertz CT molecular complexity index is 5730. The first-order valence-corrected chi connectivity index (χ1v) is 43.2. The van der Waals surface area contributed by atoms with Gasteiger partial charge in [0.05, 0.1) is 119 Å². The zero-order valence-corrected chi connectivity index (χ0v) is 75.8. The van der Waals surface area contributed by atoms with Gasteiger partial charge in [0.2, 0.25) is 0 Å². The van der Waals surface area contributed by atoms with Crippen LogP contribution in [0.4, 0.5) is 50.9 Å². The second-order valence-electron chi connectivity index (χ2n) is 31.4. The number of anilines is 2. The van der Waals surface area contributed by atoms with Gasteiger partial charge in [0.25, 0.3) is 0 Å². The van der Waals surface area contributed by atoms with Crippen LogP contribution >= 0.6 is 125 Å². The fourth-order valence-corrected chi connectivity index (χ4v) is 19.4. The summed E-state index contributed by atoms with van der Waals surface area (Å²) in [5.74, 6) is -9.70. The first-order chi connectivity index (χ1) is 59.4. The Balaban J connectivity index is 0.000000135. The molecule has 3 saturated heterocycles. The fraction of sp³-hybridized carbons (Fsp3) is 0.368. The number of hydrogen-bond acceptors (Lipinski definition) is 18. The van der Waals surface area contributed by atoms with Gasteiger partial charge in [0.15, 0.2) is 11.6 Å². The summed E-state index contributed by atoms with van der Waals surface area (Å²) in [6.45, 7) is 2.98. The number of hydrogen-bond donors (Lipinski definition) is 3. The molecule has 3 aromatic heterocycles. The van der Waals surface area contributed by atoms with E-state index < -0.39 is 98.5 Å². The van der Waals surface area contributed by atoms with Gasteiger partial charge >= 0.3 is 23.9 Å². The van der Waals surface area contributed by atoms with E-state index in [-0.39, 0.29) is 99.6 Å². The Morgan fingerprint density at radius 3 is 1.16 bits per heavy atom. The third-order valence-corrected chi connectivity index (χ3v) is 26.7. The van der Waals surface area contributed by atoms with Crippen LogP contribution < -0.4 is 15.1 Å². The first kappa shape index (κ1) is 93.4. The van der Waals surface area contributed by atoms with Gasteiger partial charge in [-0.15, -0.1) is 24.0 Å². The van der Waals surface area contributed by atoms with E-state index in [9.17, 15) is 58.7 Å². The van der Waals surface area contributed by atoms with E-state index in [2.05, 4.69) is 62.1 Å². The quantitative estimate of drug-likeness (QED) is 0.0262. The van der Waals surface area contributed by atoms with Gasteiger partial charge in [-0.3, -0.25) is 0 Å². The highest BCUT2D eigenvalue weighted by Crippen LogP contribution is 2.53. The molecule has 19 rings (SSSR count). The minimum absolute atomic E-state index is 0. The van der Waals surface area contributed by atoms with Crippen molar-refractivity contribution in [3.8, 4) is 33.8 Å². The molecule has 6 saturated carbocycles. The summed E-state index contributed by atoms with van der Waals surface area (Å²) in [5.41, 5.74) is 3.64. The number of rotatable bonds is 21. The Hall–Kier alpha value is -7.71. The number of fused-ring (bicyclic) bond motifs is 6. The van der Waals surface area contributed by atoms with Gasteiger partial charge in [-0.2, -0.15) is 0 Å². The second-order valence-corrected chi connectivity index (χ2v) is 35.6. The highest BCUT2D eigenvalue weighted by molar-refractivity contribution is 14.0. The molecular formula is C87H74Br2Cl6F9IN6O14. The highest BCUT2D eigenvalue weighted by Gasteiger charge is 2.50. The predicted octanol–water partition coefficient (Wildman–Crippen LogP) is 24.0. The van der Waals surface area contributed by atoms with E-state index in [0.29, 0.717) is 128 Å². The summed E-state index contributed by atoms with van der Waals surface area (Å²) >= 11 is 44.1. The summed E-state index contributed by atoms with van der Waals surface area (Å²) in [5, 5.41) is 36.9. The van der Waals surface area contributed by atoms with Crippen LogP contribution in [-0.4, -0.2) is 120 Å². The molecule has 6 heterocycles. The molecule has 3 aliphatic heterocycles. The molecule has 0 radical (unpaired) electrons. The molecule has 38 heteroatoms. The van der Waals surface area contributed by atoms with Crippen LogP contribution in [0.5, 0.6) is 0 Å². The van der Waals surface area contributed by atoms with Crippen molar-refractivity contribution in [2.24, 2.45) is 17.8 Å². The molecule has 7 aromatic carbocycles. The van der Waals surface area contributed by atoms with Crippen LogP contribution in [0.15, 0.2) is 120 Å². The number of benzene rings is 7. The van der Waals surface area contributed by atoms with Crippen molar-refractivity contribution in [1.29, 1.82) is 0 Å². The van der Waals surface area contributed by atoms with Gasteiger partial charge < -0.3 is 62.6 Å². The molecule has 20 nitrogen and oxygen atoms in total. The highest BCUT2D eigenvalue weighted by atomic mass is 127. The topological polar surface area (TPSA) is 251 Å². The van der Waals surface area contributed by atoms with Gasteiger partial charge in [-0.1, -0.05) is 103 Å². The van der Waals surface area contributed by atoms with Crippen molar-refractivity contribution in [1.82, 2.24) is 20.8 Å². The number of methoxy groups -OCH3 is 2. The predicted molar refractivity (Wildman–Crippen MR) is 463 cm³/mol. The molecular weight excluding hydrogens is 2020 g/mol. The number of carbonyl (C=O) groups is 4. The maximum Gasteiger partial charge on any atom is 0.343 e. The molecule has 0 spiro atoms. The van der Waals surface area contributed by atoms with Crippen LogP contribution in [-0.2, 0) is 43.5 Å². The lowest BCUT2D eigenvalue weighted by Gasteiger charge is -2.33. The molecule has 9 aliphatic rings. The van der Waals surface area contributed by atoms with Crippen LogP contribution in [0.2, 0.25) is 30.1 Å². The van der Waals surface area contributed by atoms with Gasteiger partial charge in [0.1, 0.15) is 80.6 Å². The minimum atomic E-state index is -1.55. The molecule has 0 unspecified atom stereocenters. The Labute approximate surface area is 772 Å². The van der Waals surface area contributed by atoms with Gasteiger partial charge in [0, 0.05) is 113 Å². The molecule has 6 aliphatic carbocycles. The number of ether oxygens (including phenoxy) is 5.